The van der Waals surface area contributed by atoms with Crippen LogP contribution < -0.4 is 20.3 Å². The van der Waals surface area contributed by atoms with Crippen molar-refractivity contribution in [1.29, 1.82) is 0 Å². The number of fused-ring (bicyclic) bond motifs is 4. The molecule has 1 N–H and O–H groups in total. The van der Waals surface area contributed by atoms with Gasteiger partial charge < -0.3 is 19.4 Å². The van der Waals surface area contributed by atoms with Crippen LogP contribution in [0.2, 0.25) is 0 Å². The van der Waals surface area contributed by atoms with Gasteiger partial charge in [-0.25, -0.2) is 9.37 Å². The third-order valence-corrected chi connectivity index (χ3v) is 5.94. The summed E-state index contributed by atoms with van der Waals surface area (Å²) in [7, 11) is 0. The molecular weight excluding hydrogens is 451 g/mol. The van der Waals surface area contributed by atoms with Crippen molar-refractivity contribution in [3.63, 3.8) is 0 Å². The lowest BCUT2D eigenvalue weighted by molar-refractivity contribution is -0.116. The van der Waals surface area contributed by atoms with Gasteiger partial charge in [-0.2, -0.15) is 0 Å². The molecule has 0 saturated carbocycles. The molecule has 5 aromatic rings. The fourth-order valence-electron chi connectivity index (χ4n) is 4.35. The summed E-state index contributed by atoms with van der Waals surface area (Å²) >= 11 is 0. The molecule has 6 rings (SSSR count). The number of anilines is 1. The largest absolute Gasteiger partial charge is 0.454 e. The summed E-state index contributed by atoms with van der Waals surface area (Å²) in [4.78, 5) is 31.0. The molecule has 0 atom stereocenters. The van der Waals surface area contributed by atoms with E-state index in [-0.39, 0.29) is 30.3 Å². The van der Waals surface area contributed by atoms with Crippen LogP contribution in [0.4, 0.5) is 10.1 Å². The summed E-state index contributed by atoms with van der Waals surface area (Å²) in [6.07, 6.45) is 1.46. The molecule has 2 aromatic heterocycles. The Kier molecular flexibility index (Phi) is 4.95. The smallest absolute Gasteiger partial charge is 0.278 e. The van der Waals surface area contributed by atoms with E-state index in [4.69, 9.17) is 9.47 Å². The number of aromatic nitrogens is 3. The van der Waals surface area contributed by atoms with E-state index >= 15 is 0 Å². The van der Waals surface area contributed by atoms with E-state index in [0.717, 1.165) is 5.56 Å². The van der Waals surface area contributed by atoms with Crippen LogP contribution >= 0.6 is 0 Å². The molecule has 3 heterocycles. The van der Waals surface area contributed by atoms with E-state index in [1.807, 2.05) is 30.3 Å². The maximum Gasteiger partial charge on any atom is 0.278 e. The Morgan fingerprint density at radius 1 is 1.03 bits per heavy atom. The molecule has 1 amide bonds. The zero-order chi connectivity index (χ0) is 23.9. The highest BCUT2D eigenvalue weighted by atomic mass is 19.1. The number of ether oxygens (including phenoxy) is 2. The van der Waals surface area contributed by atoms with Gasteiger partial charge in [0.1, 0.15) is 23.4 Å². The first-order chi connectivity index (χ1) is 17.1. The average Bonchev–Trinajstić information content (AvgIpc) is 3.44. The maximum atomic E-state index is 14.1. The van der Waals surface area contributed by atoms with Gasteiger partial charge in [-0.05, 0) is 35.9 Å². The molecule has 0 saturated heterocycles. The molecule has 0 radical (unpaired) electrons. The number of nitrogens with zero attached hydrogens (tertiary/aromatic N) is 3. The molecule has 1 aliphatic heterocycles. The molecule has 3 aromatic carbocycles. The van der Waals surface area contributed by atoms with Gasteiger partial charge in [0.25, 0.3) is 5.56 Å². The second-order valence-corrected chi connectivity index (χ2v) is 8.22. The highest BCUT2D eigenvalue weighted by Crippen LogP contribution is 2.34. The number of hydrogen-bond acceptors (Lipinski definition) is 5. The van der Waals surface area contributed by atoms with Gasteiger partial charge in [0.2, 0.25) is 12.7 Å². The molecule has 0 aliphatic carbocycles. The van der Waals surface area contributed by atoms with Crippen LogP contribution in [0.5, 0.6) is 11.5 Å². The third kappa shape index (κ3) is 3.76. The van der Waals surface area contributed by atoms with Gasteiger partial charge in [0.05, 0.1) is 18.4 Å². The molecule has 1 aliphatic rings. The van der Waals surface area contributed by atoms with Crippen LogP contribution in [0.25, 0.3) is 21.9 Å². The van der Waals surface area contributed by atoms with E-state index in [0.29, 0.717) is 40.2 Å². The van der Waals surface area contributed by atoms with Gasteiger partial charge >= 0.3 is 0 Å². The first-order valence-corrected chi connectivity index (χ1v) is 11.0. The highest BCUT2D eigenvalue weighted by molar-refractivity contribution is 6.06. The number of hydrogen-bond donors (Lipinski definition) is 1. The Morgan fingerprint density at radius 3 is 2.71 bits per heavy atom. The van der Waals surface area contributed by atoms with E-state index < -0.39 is 5.82 Å². The number of carbonyl (C=O) groups is 1. The highest BCUT2D eigenvalue weighted by Gasteiger charge is 2.20. The van der Waals surface area contributed by atoms with Gasteiger partial charge in [0.15, 0.2) is 11.5 Å². The van der Waals surface area contributed by atoms with Crippen LogP contribution in [0.1, 0.15) is 5.56 Å². The van der Waals surface area contributed by atoms with Crippen molar-refractivity contribution < 1.29 is 18.7 Å². The molecular formula is C26H19FN4O4. The molecule has 0 spiro atoms. The van der Waals surface area contributed by atoms with Crippen LogP contribution in [-0.4, -0.2) is 26.8 Å². The normalized spacial score (nSPS) is 12.4. The quantitative estimate of drug-likeness (QED) is 0.421. The van der Waals surface area contributed by atoms with Gasteiger partial charge in [-0.1, -0.05) is 30.3 Å². The SMILES string of the molecule is O=C(Cn1c2ccc(F)cc2c2ncn(Cc3ccccc3)c(=O)c21)Nc1ccc2c(c1)OCO2. The Bertz CT molecular complexity index is 1660. The summed E-state index contributed by atoms with van der Waals surface area (Å²) in [6, 6.07) is 18.8. The first kappa shape index (κ1) is 20.9. The van der Waals surface area contributed by atoms with Crippen molar-refractivity contribution in [2.45, 2.75) is 13.1 Å². The monoisotopic (exact) mass is 470 g/mol. The van der Waals surface area contributed by atoms with Crippen LogP contribution in [-0.2, 0) is 17.9 Å². The Morgan fingerprint density at radius 2 is 1.86 bits per heavy atom. The van der Waals surface area contributed by atoms with Crippen molar-refractivity contribution in [3.8, 4) is 11.5 Å². The first-order valence-electron chi connectivity index (χ1n) is 11.0. The van der Waals surface area contributed by atoms with Crippen molar-refractivity contribution >= 4 is 33.5 Å². The van der Waals surface area contributed by atoms with E-state index in [9.17, 15) is 14.0 Å². The fourth-order valence-corrected chi connectivity index (χ4v) is 4.35. The Hall–Kier alpha value is -4.66. The molecule has 0 unspecified atom stereocenters. The molecule has 0 bridgehead atoms. The molecule has 9 heteroatoms. The minimum absolute atomic E-state index is 0.132. The van der Waals surface area contributed by atoms with Crippen LogP contribution in [0.15, 0.2) is 77.9 Å². The van der Waals surface area contributed by atoms with E-state index in [1.165, 1.54) is 23.0 Å². The number of nitrogens with one attached hydrogen (secondary N) is 1. The van der Waals surface area contributed by atoms with Crippen LogP contribution in [0.3, 0.4) is 0 Å². The summed E-state index contributed by atoms with van der Waals surface area (Å²) in [6.45, 7) is 0.293. The number of amides is 1. The summed E-state index contributed by atoms with van der Waals surface area (Å²) in [5, 5.41) is 3.30. The van der Waals surface area contributed by atoms with Gasteiger partial charge in [0, 0.05) is 17.1 Å². The van der Waals surface area contributed by atoms with Crippen LogP contribution in [0, 0.1) is 5.82 Å². The summed E-state index contributed by atoms with van der Waals surface area (Å²) in [5.74, 6) is 0.349. The Balaban J connectivity index is 1.41. The lowest BCUT2D eigenvalue weighted by atomic mass is 10.2. The van der Waals surface area contributed by atoms with E-state index in [1.54, 1.807) is 28.8 Å². The molecule has 174 valence electrons. The zero-order valence-electron chi connectivity index (χ0n) is 18.4. The van der Waals surface area contributed by atoms with Gasteiger partial charge in [-0.15, -0.1) is 0 Å². The Labute approximate surface area is 198 Å². The predicted molar refractivity (Wildman–Crippen MR) is 128 cm³/mol. The third-order valence-electron chi connectivity index (χ3n) is 5.94. The standard InChI is InChI=1S/C26H19FN4O4/c27-17-6-8-20-19(10-17)24-25(26(33)30(14-28-24)12-16-4-2-1-3-5-16)31(20)13-23(32)29-18-7-9-21-22(11-18)35-15-34-21/h1-11,14H,12-13,15H2,(H,29,32). The van der Waals surface area contributed by atoms with Crippen molar-refractivity contribution in [1.82, 2.24) is 14.1 Å². The zero-order valence-corrected chi connectivity index (χ0v) is 18.4. The summed E-state index contributed by atoms with van der Waals surface area (Å²) < 4.78 is 27.8. The predicted octanol–water partition coefficient (Wildman–Crippen LogP) is 3.91. The number of carbonyl (C=O) groups excluding carboxylic acids is 1. The second-order valence-electron chi connectivity index (χ2n) is 8.22. The van der Waals surface area contributed by atoms with Gasteiger partial charge in [-0.3, -0.25) is 14.2 Å². The lowest BCUT2D eigenvalue weighted by Gasteiger charge is -2.10. The second kappa shape index (κ2) is 8.28. The molecule has 35 heavy (non-hydrogen) atoms. The van der Waals surface area contributed by atoms with Crippen molar-refractivity contribution in [2.24, 2.45) is 0 Å². The minimum Gasteiger partial charge on any atom is -0.454 e. The number of halogens is 1. The molecule has 8 nitrogen and oxygen atoms in total. The van der Waals surface area contributed by atoms with Crippen molar-refractivity contribution in [3.05, 3.63) is 94.8 Å². The molecule has 0 fully saturated rings. The topological polar surface area (TPSA) is 87.4 Å². The summed E-state index contributed by atoms with van der Waals surface area (Å²) in [5.41, 5.74) is 2.29. The fraction of sp³-hybridized carbons (Fsp3) is 0.115. The average molecular weight is 470 g/mol. The number of rotatable bonds is 5. The lowest BCUT2D eigenvalue weighted by Crippen LogP contribution is -2.25. The maximum absolute atomic E-state index is 14.1. The minimum atomic E-state index is -0.448. The number of benzene rings is 3. The van der Waals surface area contributed by atoms with Crippen molar-refractivity contribution in [2.75, 3.05) is 12.1 Å². The van der Waals surface area contributed by atoms with E-state index in [2.05, 4.69) is 10.3 Å².